The van der Waals surface area contributed by atoms with Crippen molar-refractivity contribution in [3.8, 4) is 0 Å². The third-order valence-electron chi connectivity index (χ3n) is 3.13. The van der Waals surface area contributed by atoms with Crippen molar-refractivity contribution < 1.29 is 8.78 Å². The average Bonchev–Trinajstić information content (AvgIpc) is 2.28. The van der Waals surface area contributed by atoms with E-state index in [4.69, 9.17) is 0 Å². The first kappa shape index (κ1) is 12.3. The highest BCUT2D eigenvalue weighted by Crippen LogP contribution is 2.22. The molecule has 0 aliphatic carbocycles. The van der Waals surface area contributed by atoms with Gasteiger partial charge >= 0.3 is 0 Å². The molecular weight excluding hydrogens is 222 g/mol. The van der Waals surface area contributed by atoms with Gasteiger partial charge in [0.15, 0.2) is 0 Å². The fraction of sp³-hybridized carbons (Fsp3) is 0.538. The lowest BCUT2D eigenvalue weighted by Gasteiger charge is -2.34. The molecule has 1 aliphatic heterocycles. The Hall–Kier alpha value is -1.16. The Morgan fingerprint density at radius 2 is 2.00 bits per heavy atom. The summed E-state index contributed by atoms with van der Waals surface area (Å²) in [6, 6.07) is 4.13. The van der Waals surface area contributed by atoms with Crippen LogP contribution in [-0.4, -0.2) is 25.7 Å². The van der Waals surface area contributed by atoms with Gasteiger partial charge in [-0.1, -0.05) is 6.92 Å². The molecule has 1 aromatic rings. The molecule has 17 heavy (non-hydrogen) atoms. The average molecular weight is 240 g/mol. The van der Waals surface area contributed by atoms with Crippen molar-refractivity contribution >= 4 is 5.69 Å². The van der Waals surface area contributed by atoms with Crippen LogP contribution in [0.5, 0.6) is 0 Å². The largest absolute Gasteiger partial charge is 0.370 e. The molecule has 0 spiro atoms. The highest BCUT2D eigenvalue weighted by atomic mass is 19.1. The van der Waals surface area contributed by atoms with Crippen molar-refractivity contribution in [2.24, 2.45) is 0 Å². The van der Waals surface area contributed by atoms with E-state index in [-0.39, 0.29) is 0 Å². The summed E-state index contributed by atoms with van der Waals surface area (Å²) in [5.41, 5.74) is 0.644. The molecular formula is C13H18F2N2. The Labute approximate surface area is 101 Å². The number of anilines is 1. The second kappa shape index (κ2) is 5.45. The molecule has 2 rings (SSSR count). The van der Waals surface area contributed by atoms with Crippen LogP contribution in [0, 0.1) is 11.6 Å². The number of halogens is 2. The smallest absolute Gasteiger partial charge is 0.128 e. The minimum Gasteiger partial charge on any atom is -0.370 e. The summed E-state index contributed by atoms with van der Waals surface area (Å²) < 4.78 is 26.3. The summed E-state index contributed by atoms with van der Waals surface area (Å²) in [7, 11) is 0. The molecule has 1 aromatic carbocycles. The number of likely N-dealkylation sites (N-methyl/N-ethyl adjacent to an activating group) is 1. The summed E-state index contributed by atoms with van der Waals surface area (Å²) in [5.74, 6) is -1.02. The van der Waals surface area contributed by atoms with Crippen LogP contribution in [-0.2, 0) is 0 Å². The van der Waals surface area contributed by atoms with Gasteiger partial charge in [-0.05, 0) is 31.5 Å². The zero-order valence-electron chi connectivity index (χ0n) is 10.0. The molecule has 4 heteroatoms. The van der Waals surface area contributed by atoms with Gasteiger partial charge in [0.25, 0.3) is 0 Å². The van der Waals surface area contributed by atoms with Crippen molar-refractivity contribution in [3.63, 3.8) is 0 Å². The Morgan fingerprint density at radius 3 is 2.65 bits per heavy atom. The predicted molar refractivity (Wildman–Crippen MR) is 65.3 cm³/mol. The van der Waals surface area contributed by atoms with Gasteiger partial charge in [0, 0.05) is 30.9 Å². The standard InChI is InChI=1S/C13H18F2N2/c1-2-16-12-4-3-5-17(9-12)13-7-10(14)6-11(15)8-13/h6-8,12,16H,2-5,9H2,1H3. The summed E-state index contributed by atoms with van der Waals surface area (Å²) in [6.07, 6.45) is 2.18. The summed E-state index contributed by atoms with van der Waals surface area (Å²) >= 11 is 0. The van der Waals surface area contributed by atoms with E-state index in [1.807, 2.05) is 4.90 Å². The lowest BCUT2D eigenvalue weighted by atomic mass is 10.0. The van der Waals surface area contributed by atoms with Gasteiger partial charge < -0.3 is 10.2 Å². The normalized spacial score (nSPS) is 20.6. The highest BCUT2D eigenvalue weighted by molar-refractivity contribution is 5.47. The van der Waals surface area contributed by atoms with Gasteiger partial charge in [0.2, 0.25) is 0 Å². The fourth-order valence-corrected chi connectivity index (χ4v) is 2.39. The molecule has 94 valence electrons. The molecule has 2 nitrogen and oxygen atoms in total. The lowest BCUT2D eigenvalue weighted by molar-refractivity contribution is 0.430. The van der Waals surface area contributed by atoms with Crippen LogP contribution < -0.4 is 10.2 Å². The summed E-state index contributed by atoms with van der Waals surface area (Å²) in [5, 5.41) is 3.38. The third-order valence-corrected chi connectivity index (χ3v) is 3.13. The number of benzene rings is 1. The van der Waals surface area contributed by atoms with Crippen LogP contribution in [0.4, 0.5) is 14.5 Å². The third kappa shape index (κ3) is 3.16. The van der Waals surface area contributed by atoms with E-state index in [1.54, 1.807) is 0 Å². The van der Waals surface area contributed by atoms with Crippen molar-refractivity contribution in [1.82, 2.24) is 5.32 Å². The fourth-order valence-electron chi connectivity index (χ4n) is 2.39. The van der Waals surface area contributed by atoms with E-state index in [0.29, 0.717) is 11.7 Å². The lowest BCUT2D eigenvalue weighted by Crippen LogP contribution is -2.45. The maximum absolute atomic E-state index is 13.1. The van der Waals surface area contributed by atoms with E-state index >= 15 is 0 Å². The molecule has 0 amide bonds. The van der Waals surface area contributed by atoms with Crippen molar-refractivity contribution in [2.75, 3.05) is 24.5 Å². The number of rotatable bonds is 3. The summed E-state index contributed by atoms with van der Waals surface area (Å²) in [4.78, 5) is 2.04. The number of nitrogens with one attached hydrogen (secondary N) is 1. The monoisotopic (exact) mass is 240 g/mol. The Bertz CT molecular complexity index is 359. The highest BCUT2D eigenvalue weighted by Gasteiger charge is 2.19. The first-order valence-corrected chi connectivity index (χ1v) is 6.13. The first-order chi connectivity index (χ1) is 8.19. The Morgan fingerprint density at radius 1 is 1.29 bits per heavy atom. The van der Waals surface area contributed by atoms with Gasteiger partial charge in [0.05, 0.1) is 0 Å². The Kier molecular flexibility index (Phi) is 3.94. The first-order valence-electron chi connectivity index (χ1n) is 6.13. The molecule has 0 saturated carbocycles. The van der Waals surface area contributed by atoms with E-state index in [1.165, 1.54) is 12.1 Å². The topological polar surface area (TPSA) is 15.3 Å². The van der Waals surface area contributed by atoms with Crippen molar-refractivity contribution in [3.05, 3.63) is 29.8 Å². The zero-order chi connectivity index (χ0) is 12.3. The van der Waals surface area contributed by atoms with Gasteiger partial charge in [-0.15, -0.1) is 0 Å². The van der Waals surface area contributed by atoms with Gasteiger partial charge in [-0.2, -0.15) is 0 Å². The molecule has 1 heterocycles. The van der Waals surface area contributed by atoms with Gasteiger partial charge in [0.1, 0.15) is 11.6 Å². The molecule has 0 bridgehead atoms. The van der Waals surface area contributed by atoms with Crippen LogP contribution in [0.1, 0.15) is 19.8 Å². The molecule has 1 unspecified atom stereocenters. The second-order valence-corrected chi connectivity index (χ2v) is 4.47. The molecule has 0 aromatic heterocycles. The minimum absolute atomic E-state index is 0.417. The number of nitrogens with zero attached hydrogens (tertiary/aromatic N) is 1. The number of hydrogen-bond donors (Lipinski definition) is 1. The number of hydrogen-bond acceptors (Lipinski definition) is 2. The van der Waals surface area contributed by atoms with E-state index in [9.17, 15) is 8.78 Å². The van der Waals surface area contributed by atoms with Crippen LogP contribution in [0.15, 0.2) is 18.2 Å². The molecule has 1 aliphatic rings. The maximum atomic E-state index is 13.1. The molecule has 1 fully saturated rings. The van der Waals surface area contributed by atoms with Crippen LogP contribution in [0.2, 0.25) is 0 Å². The molecule has 1 N–H and O–H groups in total. The predicted octanol–water partition coefficient (Wildman–Crippen LogP) is 2.54. The van der Waals surface area contributed by atoms with Crippen molar-refractivity contribution in [1.29, 1.82) is 0 Å². The molecule has 1 atom stereocenters. The maximum Gasteiger partial charge on any atom is 0.128 e. The van der Waals surface area contributed by atoms with Crippen molar-refractivity contribution in [2.45, 2.75) is 25.8 Å². The molecule has 0 radical (unpaired) electrons. The second-order valence-electron chi connectivity index (χ2n) is 4.47. The van der Waals surface area contributed by atoms with Gasteiger partial charge in [-0.3, -0.25) is 0 Å². The van der Waals surface area contributed by atoms with Gasteiger partial charge in [-0.25, -0.2) is 8.78 Å². The van der Waals surface area contributed by atoms with Crippen LogP contribution >= 0.6 is 0 Å². The summed E-state index contributed by atoms with van der Waals surface area (Å²) in [6.45, 7) is 4.68. The number of piperidine rings is 1. The van der Waals surface area contributed by atoms with E-state index in [2.05, 4.69) is 12.2 Å². The van der Waals surface area contributed by atoms with E-state index < -0.39 is 11.6 Å². The Balaban J connectivity index is 2.10. The van der Waals surface area contributed by atoms with Crippen LogP contribution in [0.3, 0.4) is 0 Å². The van der Waals surface area contributed by atoms with Crippen LogP contribution in [0.25, 0.3) is 0 Å². The zero-order valence-corrected chi connectivity index (χ0v) is 10.0. The SMILES string of the molecule is CCNC1CCCN(c2cc(F)cc(F)c2)C1. The quantitative estimate of drug-likeness (QED) is 0.873. The van der Waals surface area contributed by atoms with E-state index in [0.717, 1.165) is 38.5 Å². The minimum atomic E-state index is -0.509. The molecule has 1 saturated heterocycles.